The predicted octanol–water partition coefficient (Wildman–Crippen LogP) is 2.71. The van der Waals surface area contributed by atoms with E-state index in [1.807, 2.05) is 12.1 Å². The van der Waals surface area contributed by atoms with Crippen molar-refractivity contribution in [2.24, 2.45) is 0 Å². The quantitative estimate of drug-likeness (QED) is 0.822. The van der Waals surface area contributed by atoms with Crippen molar-refractivity contribution in [1.82, 2.24) is 0 Å². The Morgan fingerprint density at radius 1 is 1.43 bits per heavy atom. The molecule has 0 aliphatic carbocycles. The van der Waals surface area contributed by atoms with Crippen molar-refractivity contribution in [3.63, 3.8) is 0 Å². The highest BCUT2D eigenvalue weighted by atomic mass is 32.1. The van der Waals surface area contributed by atoms with Crippen LogP contribution in [0.15, 0.2) is 17.5 Å². The average molecular weight is 208 g/mol. The molecule has 0 spiro atoms. The first kappa shape index (κ1) is 9.49. The van der Waals surface area contributed by atoms with E-state index in [4.69, 9.17) is 4.74 Å². The molecule has 2 aromatic rings. The molecule has 3 heteroatoms. The monoisotopic (exact) mass is 208 g/mol. The number of fused-ring (bicyclic) bond motifs is 1. The molecule has 0 bridgehead atoms. The first-order chi connectivity index (χ1) is 6.77. The summed E-state index contributed by atoms with van der Waals surface area (Å²) in [5.41, 5.74) is 2.14. The fraction of sp³-hybridized carbons (Fsp3) is 0.273. The largest absolute Gasteiger partial charge is 0.496 e. The first-order valence-corrected chi connectivity index (χ1v) is 5.30. The Morgan fingerprint density at radius 3 is 2.86 bits per heavy atom. The molecule has 2 rings (SSSR count). The third-order valence-electron chi connectivity index (χ3n) is 2.37. The summed E-state index contributed by atoms with van der Waals surface area (Å²) in [6.07, 6.45) is 0. The van der Waals surface area contributed by atoms with Crippen molar-refractivity contribution in [2.75, 3.05) is 7.11 Å². The number of ether oxygens (including phenoxy) is 1. The Hall–Kier alpha value is -1.06. The van der Waals surface area contributed by atoms with Gasteiger partial charge in [-0.1, -0.05) is 0 Å². The zero-order valence-corrected chi connectivity index (χ0v) is 9.02. The minimum Gasteiger partial charge on any atom is -0.496 e. The van der Waals surface area contributed by atoms with E-state index in [0.717, 1.165) is 16.0 Å². The van der Waals surface area contributed by atoms with Gasteiger partial charge in [-0.15, -0.1) is 11.3 Å². The standard InChI is InChI=1S/C11H12O2S/c1-7-6-14-11-8(7)3-4-10(13-2)9(11)5-12/h3-4,6,12H,5H2,1-2H3. The van der Waals surface area contributed by atoms with Gasteiger partial charge in [-0.25, -0.2) is 0 Å². The van der Waals surface area contributed by atoms with Crippen LogP contribution in [0.3, 0.4) is 0 Å². The number of benzene rings is 1. The minimum absolute atomic E-state index is 0.0282. The predicted molar refractivity (Wildman–Crippen MR) is 59.0 cm³/mol. The van der Waals surface area contributed by atoms with E-state index in [9.17, 15) is 5.11 Å². The second-order valence-electron chi connectivity index (χ2n) is 3.20. The van der Waals surface area contributed by atoms with Crippen molar-refractivity contribution in [1.29, 1.82) is 0 Å². The molecule has 1 N–H and O–H groups in total. The molecule has 0 saturated heterocycles. The number of aliphatic hydroxyl groups is 1. The van der Waals surface area contributed by atoms with Crippen LogP contribution < -0.4 is 4.74 Å². The molecule has 0 saturated carbocycles. The topological polar surface area (TPSA) is 29.5 Å². The van der Waals surface area contributed by atoms with Gasteiger partial charge in [-0.05, 0) is 35.4 Å². The number of hydrogen-bond acceptors (Lipinski definition) is 3. The summed E-state index contributed by atoms with van der Waals surface area (Å²) in [4.78, 5) is 0. The molecule has 2 nitrogen and oxygen atoms in total. The van der Waals surface area contributed by atoms with E-state index in [2.05, 4.69) is 12.3 Å². The Kier molecular flexibility index (Phi) is 2.44. The molecule has 0 aliphatic rings. The highest BCUT2D eigenvalue weighted by molar-refractivity contribution is 7.17. The van der Waals surface area contributed by atoms with E-state index in [-0.39, 0.29) is 6.61 Å². The van der Waals surface area contributed by atoms with Gasteiger partial charge in [0.25, 0.3) is 0 Å². The van der Waals surface area contributed by atoms with E-state index in [1.54, 1.807) is 18.4 Å². The normalized spacial score (nSPS) is 10.8. The number of thiophene rings is 1. The van der Waals surface area contributed by atoms with Gasteiger partial charge in [0.1, 0.15) is 5.75 Å². The molecule has 0 aliphatic heterocycles. The Bertz CT molecular complexity index is 460. The Labute approximate surface area is 86.8 Å². The molecule has 0 radical (unpaired) electrons. The summed E-state index contributed by atoms with van der Waals surface area (Å²) >= 11 is 1.65. The van der Waals surface area contributed by atoms with Crippen LogP contribution >= 0.6 is 11.3 Å². The van der Waals surface area contributed by atoms with Gasteiger partial charge in [0, 0.05) is 10.3 Å². The fourth-order valence-corrected chi connectivity index (χ4v) is 2.69. The van der Waals surface area contributed by atoms with Crippen molar-refractivity contribution >= 4 is 21.4 Å². The van der Waals surface area contributed by atoms with Gasteiger partial charge in [0.2, 0.25) is 0 Å². The van der Waals surface area contributed by atoms with Crippen LogP contribution in [0.2, 0.25) is 0 Å². The van der Waals surface area contributed by atoms with E-state index < -0.39 is 0 Å². The molecule has 0 fully saturated rings. The van der Waals surface area contributed by atoms with Crippen LogP contribution in [0, 0.1) is 6.92 Å². The molecule has 1 aromatic heterocycles. The Balaban J connectivity index is 2.77. The van der Waals surface area contributed by atoms with Gasteiger partial charge in [0.15, 0.2) is 0 Å². The maximum atomic E-state index is 9.28. The summed E-state index contributed by atoms with van der Waals surface area (Å²) < 4.78 is 6.33. The van der Waals surface area contributed by atoms with E-state index in [1.165, 1.54) is 10.9 Å². The molecule has 0 amide bonds. The SMILES string of the molecule is COc1ccc2c(C)csc2c1CO. The minimum atomic E-state index is 0.0282. The number of aryl methyl sites for hydroxylation is 1. The van der Waals surface area contributed by atoms with Crippen LogP contribution in [-0.2, 0) is 6.61 Å². The lowest BCUT2D eigenvalue weighted by molar-refractivity contribution is 0.276. The summed E-state index contributed by atoms with van der Waals surface area (Å²) in [5, 5.41) is 12.6. The summed E-state index contributed by atoms with van der Waals surface area (Å²) in [7, 11) is 1.63. The second-order valence-corrected chi connectivity index (χ2v) is 4.08. The highest BCUT2D eigenvalue weighted by Crippen LogP contribution is 2.34. The third-order valence-corrected chi connectivity index (χ3v) is 3.55. The summed E-state index contributed by atoms with van der Waals surface area (Å²) in [5.74, 6) is 0.766. The van der Waals surface area contributed by atoms with Gasteiger partial charge in [-0.3, -0.25) is 0 Å². The van der Waals surface area contributed by atoms with Crippen molar-refractivity contribution in [3.05, 3.63) is 28.6 Å². The molecular weight excluding hydrogens is 196 g/mol. The van der Waals surface area contributed by atoms with Gasteiger partial charge >= 0.3 is 0 Å². The molecule has 1 aromatic carbocycles. The van der Waals surface area contributed by atoms with Crippen LogP contribution in [0.1, 0.15) is 11.1 Å². The van der Waals surface area contributed by atoms with Crippen molar-refractivity contribution in [2.45, 2.75) is 13.5 Å². The smallest absolute Gasteiger partial charge is 0.125 e. The zero-order valence-electron chi connectivity index (χ0n) is 8.20. The Morgan fingerprint density at radius 2 is 2.21 bits per heavy atom. The maximum absolute atomic E-state index is 9.28. The average Bonchev–Trinajstić information content (AvgIpc) is 2.59. The number of hydrogen-bond donors (Lipinski definition) is 1. The molecule has 0 atom stereocenters. The molecule has 0 unspecified atom stereocenters. The van der Waals surface area contributed by atoms with Gasteiger partial charge < -0.3 is 9.84 Å². The van der Waals surface area contributed by atoms with Crippen LogP contribution in [0.5, 0.6) is 5.75 Å². The molecule has 74 valence electrons. The first-order valence-electron chi connectivity index (χ1n) is 4.42. The van der Waals surface area contributed by atoms with E-state index >= 15 is 0 Å². The lowest BCUT2D eigenvalue weighted by atomic mass is 10.1. The second kappa shape index (κ2) is 3.59. The molecule has 1 heterocycles. The summed E-state index contributed by atoms with van der Waals surface area (Å²) in [6, 6.07) is 3.95. The van der Waals surface area contributed by atoms with Crippen LogP contribution in [0.25, 0.3) is 10.1 Å². The third kappa shape index (κ3) is 1.29. The lowest BCUT2D eigenvalue weighted by Crippen LogP contribution is -1.91. The van der Waals surface area contributed by atoms with E-state index in [0.29, 0.717) is 0 Å². The maximum Gasteiger partial charge on any atom is 0.125 e. The van der Waals surface area contributed by atoms with Gasteiger partial charge in [0.05, 0.1) is 13.7 Å². The van der Waals surface area contributed by atoms with Gasteiger partial charge in [-0.2, -0.15) is 0 Å². The van der Waals surface area contributed by atoms with Crippen molar-refractivity contribution < 1.29 is 9.84 Å². The zero-order chi connectivity index (χ0) is 10.1. The lowest BCUT2D eigenvalue weighted by Gasteiger charge is -2.06. The molecule has 14 heavy (non-hydrogen) atoms. The number of rotatable bonds is 2. The summed E-state index contributed by atoms with van der Waals surface area (Å²) in [6.45, 7) is 2.10. The highest BCUT2D eigenvalue weighted by Gasteiger charge is 2.09. The number of aliphatic hydroxyl groups excluding tert-OH is 1. The number of methoxy groups -OCH3 is 1. The van der Waals surface area contributed by atoms with Crippen LogP contribution in [0.4, 0.5) is 0 Å². The molecular formula is C11H12O2S. The van der Waals surface area contributed by atoms with Crippen molar-refractivity contribution in [3.8, 4) is 5.75 Å². The van der Waals surface area contributed by atoms with Crippen LogP contribution in [-0.4, -0.2) is 12.2 Å². The fourth-order valence-electron chi connectivity index (χ4n) is 1.61.